The van der Waals surface area contributed by atoms with E-state index in [1.54, 1.807) is 4.90 Å². The number of hydrogen-bond acceptors (Lipinski definition) is 5. The molecule has 2 aliphatic heterocycles. The van der Waals surface area contributed by atoms with Crippen LogP contribution in [0.5, 0.6) is 11.5 Å². The van der Waals surface area contributed by atoms with Gasteiger partial charge in [0.2, 0.25) is 11.8 Å². The van der Waals surface area contributed by atoms with Gasteiger partial charge in [-0.05, 0) is 37.1 Å². The molecular formula is C28H32N4O4. The predicted octanol–water partition coefficient (Wildman–Crippen LogP) is 4.12. The fraction of sp³-hybridized carbons (Fsp3) is 0.464. The summed E-state index contributed by atoms with van der Waals surface area (Å²) in [6.45, 7) is 1.77. The van der Waals surface area contributed by atoms with Gasteiger partial charge in [0, 0.05) is 43.7 Å². The lowest BCUT2D eigenvalue weighted by atomic mass is 9.94. The van der Waals surface area contributed by atoms with Gasteiger partial charge in [0.15, 0.2) is 11.5 Å². The number of carbonyl (C=O) groups excluding carboxylic acids is 2. The zero-order valence-corrected chi connectivity index (χ0v) is 20.7. The van der Waals surface area contributed by atoms with E-state index in [1.165, 1.54) is 19.3 Å². The molecule has 8 nitrogen and oxygen atoms in total. The van der Waals surface area contributed by atoms with Crippen LogP contribution in [-0.4, -0.2) is 59.1 Å². The van der Waals surface area contributed by atoms with Crippen LogP contribution in [0.2, 0.25) is 0 Å². The first kappa shape index (κ1) is 22.9. The average Bonchev–Trinajstić information content (AvgIpc) is 3.49. The number of fused-ring (bicyclic) bond motifs is 2. The Bertz CT molecular complexity index is 1300. The van der Waals surface area contributed by atoms with Crippen LogP contribution in [0.4, 0.5) is 5.69 Å². The number of carbonyl (C=O) groups is 2. The molecule has 0 spiro atoms. The van der Waals surface area contributed by atoms with Crippen LogP contribution in [0.1, 0.15) is 50.3 Å². The fourth-order valence-corrected chi connectivity index (χ4v) is 5.82. The second-order valence-electron chi connectivity index (χ2n) is 10.1. The summed E-state index contributed by atoms with van der Waals surface area (Å²) in [6.07, 6.45) is 6.11. The Balaban J connectivity index is 1.27. The molecule has 6 rings (SSSR count). The van der Waals surface area contributed by atoms with Gasteiger partial charge in [-0.25, -0.2) is 4.98 Å². The van der Waals surface area contributed by atoms with Crippen LogP contribution in [0.15, 0.2) is 42.5 Å². The van der Waals surface area contributed by atoms with E-state index in [0.717, 1.165) is 35.4 Å². The first-order valence-electron chi connectivity index (χ1n) is 13.0. The minimum Gasteiger partial charge on any atom is -0.486 e. The molecule has 2 fully saturated rings. The van der Waals surface area contributed by atoms with Gasteiger partial charge in [-0.2, -0.15) is 0 Å². The van der Waals surface area contributed by atoms with Crippen molar-refractivity contribution in [2.24, 2.45) is 0 Å². The van der Waals surface area contributed by atoms with Crippen LogP contribution in [-0.2, 0) is 16.1 Å². The molecule has 0 bridgehead atoms. The standard InChI is InChI=1S/C28H32N4O4/c1-30(20-7-3-2-4-8-20)27(34)18-32-23-10-6-5-9-22(23)29-28(32)19-15-26(33)31(17-19)21-11-12-24-25(16-21)36-14-13-35-24/h5-6,9-12,16,19-20H,2-4,7-8,13-15,17-18H2,1H3. The van der Waals surface area contributed by atoms with E-state index in [0.29, 0.717) is 43.7 Å². The van der Waals surface area contributed by atoms with Gasteiger partial charge in [0.1, 0.15) is 25.6 Å². The van der Waals surface area contributed by atoms with E-state index < -0.39 is 0 Å². The Labute approximate surface area is 210 Å². The van der Waals surface area contributed by atoms with Gasteiger partial charge in [-0.1, -0.05) is 31.4 Å². The third-order valence-electron chi connectivity index (χ3n) is 7.82. The summed E-state index contributed by atoms with van der Waals surface area (Å²) >= 11 is 0. The summed E-state index contributed by atoms with van der Waals surface area (Å²) in [7, 11) is 1.93. The van der Waals surface area contributed by atoms with Gasteiger partial charge in [-0.3, -0.25) is 9.59 Å². The number of hydrogen-bond donors (Lipinski definition) is 0. The van der Waals surface area contributed by atoms with Crippen LogP contribution in [0, 0.1) is 0 Å². The van der Waals surface area contributed by atoms with Crippen molar-refractivity contribution in [2.75, 3.05) is 31.7 Å². The molecule has 0 N–H and O–H groups in total. The molecule has 1 atom stereocenters. The maximum Gasteiger partial charge on any atom is 0.242 e. The minimum absolute atomic E-state index is 0.0425. The molecule has 8 heteroatoms. The number of imidazole rings is 1. The van der Waals surface area contributed by atoms with Gasteiger partial charge < -0.3 is 23.8 Å². The number of amides is 2. The molecule has 2 aromatic carbocycles. The van der Waals surface area contributed by atoms with E-state index in [2.05, 4.69) is 0 Å². The lowest BCUT2D eigenvalue weighted by Gasteiger charge is -2.31. The van der Waals surface area contributed by atoms with Crippen LogP contribution < -0.4 is 14.4 Å². The summed E-state index contributed by atoms with van der Waals surface area (Å²) in [5.74, 6) is 2.20. The van der Waals surface area contributed by atoms with Crippen molar-refractivity contribution in [3.63, 3.8) is 0 Å². The normalized spacial score (nSPS) is 20.2. The van der Waals surface area contributed by atoms with Crippen molar-refractivity contribution < 1.29 is 19.1 Å². The maximum absolute atomic E-state index is 13.4. The number of likely N-dealkylation sites (N-methyl/N-ethyl adjacent to an activating group) is 1. The van der Waals surface area contributed by atoms with Crippen LogP contribution >= 0.6 is 0 Å². The highest BCUT2D eigenvalue weighted by molar-refractivity contribution is 5.97. The van der Waals surface area contributed by atoms with Crippen molar-refractivity contribution in [3.8, 4) is 11.5 Å². The molecule has 0 radical (unpaired) electrons. The zero-order valence-electron chi connectivity index (χ0n) is 20.7. The van der Waals surface area contributed by atoms with Crippen molar-refractivity contribution in [3.05, 3.63) is 48.3 Å². The lowest BCUT2D eigenvalue weighted by molar-refractivity contribution is -0.133. The summed E-state index contributed by atoms with van der Waals surface area (Å²) in [5, 5.41) is 0. The fourth-order valence-electron chi connectivity index (χ4n) is 5.82. The molecule has 1 aliphatic carbocycles. The molecule has 3 heterocycles. The SMILES string of the molecule is CN(C(=O)Cn1c(C2CC(=O)N(c3ccc4c(c3)OCCO4)C2)nc2ccccc21)C1CCCCC1. The molecule has 1 saturated carbocycles. The first-order chi connectivity index (χ1) is 17.6. The number of nitrogens with zero attached hydrogens (tertiary/aromatic N) is 4. The number of rotatable bonds is 5. The highest BCUT2D eigenvalue weighted by Crippen LogP contribution is 2.38. The monoisotopic (exact) mass is 488 g/mol. The Morgan fingerprint density at radius 3 is 2.67 bits per heavy atom. The molecule has 3 aromatic rings. The summed E-state index contributed by atoms with van der Waals surface area (Å²) < 4.78 is 13.4. The first-order valence-corrected chi connectivity index (χ1v) is 13.0. The van der Waals surface area contributed by atoms with Gasteiger partial charge in [0.05, 0.1) is 11.0 Å². The molecule has 3 aliphatic rings. The highest BCUT2D eigenvalue weighted by Gasteiger charge is 2.36. The van der Waals surface area contributed by atoms with Crippen molar-refractivity contribution >= 4 is 28.5 Å². The Morgan fingerprint density at radius 1 is 1.06 bits per heavy atom. The van der Waals surface area contributed by atoms with E-state index in [4.69, 9.17) is 14.5 Å². The van der Waals surface area contributed by atoms with Gasteiger partial charge >= 0.3 is 0 Å². The second kappa shape index (κ2) is 9.48. The summed E-state index contributed by atoms with van der Waals surface area (Å²) in [5.41, 5.74) is 2.58. The predicted molar refractivity (Wildman–Crippen MR) is 137 cm³/mol. The van der Waals surface area contributed by atoms with Crippen LogP contribution in [0.3, 0.4) is 0 Å². The van der Waals surface area contributed by atoms with Crippen molar-refractivity contribution in [2.45, 2.75) is 57.0 Å². The molecule has 1 saturated heterocycles. The molecule has 2 amide bonds. The second-order valence-corrected chi connectivity index (χ2v) is 10.1. The average molecular weight is 489 g/mol. The number of benzene rings is 2. The third kappa shape index (κ3) is 4.18. The van der Waals surface area contributed by atoms with E-state index in [-0.39, 0.29) is 24.3 Å². The molecule has 1 aromatic heterocycles. The molecule has 36 heavy (non-hydrogen) atoms. The summed E-state index contributed by atoms with van der Waals surface area (Å²) in [6, 6.07) is 13.9. The Kier molecular flexibility index (Phi) is 6.03. The van der Waals surface area contributed by atoms with Crippen molar-refractivity contribution in [1.82, 2.24) is 14.5 Å². The number of aromatic nitrogens is 2. The molecule has 1 unspecified atom stereocenters. The molecular weight excluding hydrogens is 456 g/mol. The third-order valence-corrected chi connectivity index (χ3v) is 7.82. The van der Waals surface area contributed by atoms with Gasteiger partial charge in [0.25, 0.3) is 0 Å². The van der Waals surface area contributed by atoms with Gasteiger partial charge in [-0.15, -0.1) is 0 Å². The van der Waals surface area contributed by atoms with Crippen molar-refractivity contribution in [1.29, 1.82) is 0 Å². The van der Waals surface area contributed by atoms with E-state index >= 15 is 0 Å². The molecule has 188 valence electrons. The Hall–Kier alpha value is -3.55. The Morgan fingerprint density at radius 2 is 1.83 bits per heavy atom. The van der Waals surface area contributed by atoms with E-state index in [9.17, 15) is 9.59 Å². The maximum atomic E-state index is 13.4. The van der Waals surface area contributed by atoms with Crippen LogP contribution in [0.25, 0.3) is 11.0 Å². The quantitative estimate of drug-likeness (QED) is 0.540. The number of anilines is 1. The largest absolute Gasteiger partial charge is 0.486 e. The topological polar surface area (TPSA) is 76.9 Å². The van der Waals surface area contributed by atoms with E-state index in [1.807, 2.05) is 59.0 Å². The smallest absolute Gasteiger partial charge is 0.242 e. The number of ether oxygens (including phenoxy) is 2. The highest BCUT2D eigenvalue weighted by atomic mass is 16.6. The summed E-state index contributed by atoms with van der Waals surface area (Å²) in [4.78, 5) is 35.2. The number of para-hydroxylation sites is 2. The zero-order chi connectivity index (χ0) is 24.6. The minimum atomic E-state index is -0.106. The lowest BCUT2D eigenvalue weighted by Crippen LogP contribution is -2.40.